The number of nitrogens with zero attached hydrogens (tertiary/aromatic N) is 2. The summed E-state index contributed by atoms with van der Waals surface area (Å²) >= 11 is 0. The summed E-state index contributed by atoms with van der Waals surface area (Å²) in [7, 11) is -1.48. The molecular weight excluding hydrogens is 443 g/mol. The van der Waals surface area contributed by atoms with E-state index in [-0.39, 0.29) is 35.6 Å². The van der Waals surface area contributed by atoms with Gasteiger partial charge in [0.05, 0.1) is 22.5 Å². The van der Waals surface area contributed by atoms with E-state index in [0.29, 0.717) is 32.1 Å². The van der Waals surface area contributed by atoms with Gasteiger partial charge in [-0.25, -0.2) is 8.42 Å². The molecule has 24 heavy (non-hydrogen) atoms. The molecule has 0 unspecified atom stereocenters. The van der Waals surface area contributed by atoms with Gasteiger partial charge in [-0.3, -0.25) is 9.79 Å². The molecule has 0 atom stereocenters. The summed E-state index contributed by atoms with van der Waals surface area (Å²) in [6.07, 6.45) is 0. The van der Waals surface area contributed by atoms with E-state index in [1.54, 1.807) is 20.9 Å². The van der Waals surface area contributed by atoms with E-state index in [2.05, 4.69) is 15.6 Å². The van der Waals surface area contributed by atoms with Crippen molar-refractivity contribution in [2.75, 3.05) is 39.0 Å². The molecule has 1 fully saturated rings. The number of rotatable bonds is 4. The maximum absolute atomic E-state index is 12.1. The van der Waals surface area contributed by atoms with Gasteiger partial charge in [0.15, 0.2) is 15.8 Å². The molecule has 0 radical (unpaired) electrons. The number of amides is 1. The van der Waals surface area contributed by atoms with E-state index in [1.807, 2.05) is 25.7 Å². The molecule has 0 spiro atoms. The van der Waals surface area contributed by atoms with Crippen LogP contribution in [0.4, 0.5) is 0 Å². The SMILES string of the molecule is CCNC(=NCC(C)(C)C(=O)NC)N1CCS(=O)(=O)C(C)(C)C1.I. The van der Waals surface area contributed by atoms with Crippen LogP contribution in [0.2, 0.25) is 0 Å². The third-order valence-electron chi connectivity index (χ3n) is 4.14. The molecule has 0 aromatic rings. The zero-order valence-electron chi connectivity index (χ0n) is 15.5. The van der Waals surface area contributed by atoms with Crippen LogP contribution >= 0.6 is 24.0 Å². The van der Waals surface area contributed by atoms with Crippen LogP contribution in [-0.4, -0.2) is 68.9 Å². The summed E-state index contributed by atoms with van der Waals surface area (Å²) in [5.41, 5.74) is -0.618. The van der Waals surface area contributed by atoms with Crippen LogP contribution < -0.4 is 10.6 Å². The van der Waals surface area contributed by atoms with E-state index in [0.717, 1.165) is 0 Å². The van der Waals surface area contributed by atoms with Crippen molar-refractivity contribution in [3.05, 3.63) is 0 Å². The summed E-state index contributed by atoms with van der Waals surface area (Å²) in [5.74, 6) is 0.703. The van der Waals surface area contributed by atoms with Crippen molar-refractivity contribution in [1.82, 2.24) is 15.5 Å². The first-order valence-electron chi connectivity index (χ1n) is 7.94. The smallest absolute Gasteiger partial charge is 0.227 e. The van der Waals surface area contributed by atoms with Gasteiger partial charge in [0.1, 0.15) is 0 Å². The van der Waals surface area contributed by atoms with E-state index >= 15 is 0 Å². The molecule has 142 valence electrons. The Morgan fingerprint density at radius 3 is 2.38 bits per heavy atom. The average Bonchev–Trinajstić information content (AvgIpc) is 2.45. The number of hydrogen-bond donors (Lipinski definition) is 2. The van der Waals surface area contributed by atoms with Crippen LogP contribution in [0.3, 0.4) is 0 Å². The van der Waals surface area contributed by atoms with Crippen molar-refractivity contribution < 1.29 is 13.2 Å². The molecule has 7 nitrogen and oxygen atoms in total. The second-order valence-electron chi connectivity index (χ2n) is 7.13. The number of guanidine groups is 1. The molecule has 1 saturated heterocycles. The first-order chi connectivity index (χ1) is 10.5. The first kappa shape index (κ1) is 23.4. The number of sulfone groups is 1. The quantitative estimate of drug-likeness (QED) is 0.358. The van der Waals surface area contributed by atoms with Gasteiger partial charge in [-0.1, -0.05) is 0 Å². The van der Waals surface area contributed by atoms with Crippen molar-refractivity contribution in [2.24, 2.45) is 10.4 Å². The van der Waals surface area contributed by atoms with Gasteiger partial charge >= 0.3 is 0 Å². The van der Waals surface area contributed by atoms with Crippen molar-refractivity contribution in [1.29, 1.82) is 0 Å². The minimum absolute atomic E-state index is 0. The molecule has 0 aliphatic carbocycles. The van der Waals surface area contributed by atoms with Crippen LogP contribution in [0.25, 0.3) is 0 Å². The molecule has 0 saturated carbocycles. The summed E-state index contributed by atoms with van der Waals surface area (Å²) < 4.78 is 23.5. The number of hydrogen-bond acceptors (Lipinski definition) is 4. The Kier molecular flexibility index (Phi) is 8.47. The maximum Gasteiger partial charge on any atom is 0.227 e. The van der Waals surface area contributed by atoms with Gasteiger partial charge in [-0.15, -0.1) is 24.0 Å². The molecule has 1 heterocycles. The summed E-state index contributed by atoms with van der Waals surface area (Å²) in [6, 6.07) is 0. The lowest BCUT2D eigenvalue weighted by atomic mass is 9.93. The Morgan fingerprint density at radius 1 is 1.33 bits per heavy atom. The molecule has 2 N–H and O–H groups in total. The predicted octanol–water partition coefficient (Wildman–Crippen LogP) is 0.851. The van der Waals surface area contributed by atoms with Crippen LogP contribution in [0.1, 0.15) is 34.6 Å². The Bertz CT molecular complexity index is 573. The fourth-order valence-electron chi connectivity index (χ4n) is 2.43. The minimum Gasteiger partial charge on any atom is -0.359 e. The monoisotopic (exact) mass is 474 g/mol. The number of nitrogens with one attached hydrogen (secondary N) is 2. The molecule has 1 aliphatic heterocycles. The lowest BCUT2D eigenvalue weighted by molar-refractivity contribution is -0.128. The third-order valence-corrected chi connectivity index (χ3v) is 6.68. The topological polar surface area (TPSA) is 90.9 Å². The highest BCUT2D eigenvalue weighted by atomic mass is 127. The standard InChI is InChI=1S/C15H30N4O3S.HI/c1-7-17-13(18-10-14(2,3)12(20)16-6)19-8-9-23(21,22)15(4,5)11-19;/h7-11H2,1-6H3,(H,16,20)(H,17,18);1H. The first-order valence-corrected chi connectivity index (χ1v) is 9.60. The second-order valence-corrected chi connectivity index (χ2v) is 9.88. The molecule has 1 aliphatic rings. The number of carbonyl (C=O) groups excluding carboxylic acids is 1. The van der Waals surface area contributed by atoms with Gasteiger partial charge in [-0.2, -0.15) is 0 Å². The van der Waals surface area contributed by atoms with Crippen molar-refractivity contribution in [2.45, 2.75) is 39.4 Å². The van der Waals surface area contributed by atoms with E-state index in [9.17, 15) is 13.2 Å². The molecule has 1 amide bonds. The van der Waals surface area contributed by atoms with Crippen LogP contribution in [0.5, 0.6) is 0 Å². The van der Waals surface area contributed by atoms with Crippen LogP contribution in [-0.2, 0) is 14.6 Å². The molecule has 1 rings (SSSR count). The van der Waals surface area contributed by atoms with Gasteiger partial charge in [0.25, 0.3) is 0 Å². The molecule has 9 heteroatoms. The molecular formula is C15H31IN4O3S. The lowest BCUT2D eigenvalue weighted by Crippen LogP contribution is -2.57. The van der Waals surface area contributed by atoms with Crippen LogP contribution in [0.15, 0.2) is 4.99 Å². The molecule has 0 aromatic heterocycles. The fraction of sp³-hybridized carbons (Fsp3) is 0.867. The van der Waals surface area contributed by atoms with Crippen molar-refractivity contribution in [3.63, 3.8) is 0 Å². The Labute approximate surface area is 163 Å². The highest BCUT2D eigenvalue weighted by Gasteiger charge is 2.41. The second kappa shape index (κ2) is 8.68. The predicted molar refractivity (Wildman–Crippen MR) is 109 cm³/mol. The van der Waals surface area contributed by atoms with Crippen LogP contribution in [0, 0.1) is 5.41 Å². The Morgan fingerprint density at radius 2 is 1.92 bits per heavy atom. The number of aliphatic imine (C=N–C) groups is 1. The van der Waals surface area contributed by atoms with Gasteiger partial charge in [-0.05, 0) is 34.6 Å². The van der Waals surface area contributed by atoms with Crippen molar-refractivity contribution in [3.8, 4) is 0 Å². The van der Waals surface area contributed by atoms with E-state index in [4.69, 9.17) is 0 Å². The van der Waals surface area contributed by atoms with Gasteiger partial charge in [0, 0.05) is 26.7 Å². The lowest BCUT2D eigenvalue weighted by Gasteiger charge is -2.39. The number of carbonyl (C=O) groups is 1. The maximum atomic E-state index is 12.1. The largest absolute Gasteiger partial charge is 0.359 e. The average molecular weight is 474 g/mol. The normalized spacial score (nSPS) is 20.1. The molecule has 0 bridgehead atoms. The Hall–Kier alpha value is -0.580. The minimum atomic E-state index is -3.09. The van der Waals surface area contributed by atoms with Gasteiger partial charge < -0.3 is 15.5 Å². The third kappa shape index (κ3) is 5.47. The number of halogens is 1. The zero-order chi connectivity index (χ0) is 17.9. The molecule has 0 aromatic carbocycles. The summed E-state index contributed by atoms with van der Waals surface area (Å²) in [5, 5.41) is 5.84. The van der Waals surface area contributed by atoms with Gasteiger partial charge in [0.2, 0.25) is 5.91 Å². The summed E-state index contributed by atoms with van der Waals surface area (Å²) in [4.78, 5) is 18.4. The highest BCUT2D eigenvalue weighted by Crippen LogP contribution is 2.24. The highest BCUT2D eigenvalue weighted by molar-refractivity contribution is 14.0. The summed E-state index contributed by atoms with van der Waals surface area (Å²) in [6.45, 7) is 10.9. The van der Waals surface area contributed by atoms with E-state index in [1.165, 1.54) is 0 Å². The van der Waals surface area contributed by atoms with E-state index < -0.39 is 20.0 Å². The van der Waals surface area contributed by atoms with Crippen molar-refractivity contribution >= 4 is 45.7 Å². The Balaban J connectivity index is 0.00000529. The zero-order valence-corrected chi connectivity index (χ0v) is 18.6. The fourth-order valence-corrected chi connectivity index (χ4v) is 3.80.